The summed E-state index contributed by atoms with van der Waals surface area (Å²) in [6.07, 6.45) is 7.13. The van der Waals surface area contributed by atoms with E-state index in [1.54, 1.807) is 0 Å². The zero-order valence-electron chi connectivity index (χ0n) is 14.7. The fraction of sp³-hybridized carbons (Fsp3) is 0.944. The molecule has 0 radical (unpaired) electrons. The maximum Gasteiger partial charge on any atom is 0.103 e. The third-order valence-electron chi connectivity index (χ3n) is 4.58. The van der Waals surface area contributed by atoms with E-state index in [4.69, 9.17) is 4.74 Å². The van der Waals surface area contributed by atoms with E-state index in [1.807, 2.05) is 13.8 Å². The van der Waals surface area contributed by atoms with E-state index in [1.165, 1.54) is 19.3 Å². The van der Waals surface area contributed by atoms with E-state index in [9.17, 15) is 5.26 Å². The average molecular weight is 294 g/mol. The number of nitrogens with one attached hydrogen (secondary N) is 1. The predicted octanol–water partition coefficient (Wildman–Crippen LogP) is 4.28. The quantitative estimate of drug-likeness (QED) is 0.680. The standard InChI is InChI=1S/C18H34N2O/c1-6-20-18(5,14-19)9-7-8-10-21-16-11-15(2)12-17(3,4)13-16/h15-16,20H,6-13H2,1-5H3. The Morgan fingerprint density at radius 3 is 2.62 bits per heavy atom. The van der Waals surface area contributed by atoms with Crippen molar-refractivity contribution in [3.05, 3.63) is 0 Å². The molecular weight excluding hydrogens is 260 g/mol. The molecule has 0 saturated heterocycles. The summed E-state index contributed by atoms with van der Waals surface area (Å²) in [5.74, 6) is 0.773. The molecule has 1 aliphatic rings. The van der Waals surface area contributed by atoms with Crippen molar-refractivity contribution < 1.29 is 4.74 Å². The Kier molecular flexibility index (Phi) is 7.16. The summed E-state index contributed by atoms with van der Waals surface area (Å²) in [7, 11) is 0. The first-order chi connectivity index (χ1) is 9.80. The van der Waals surface area contributed by atoms with Gasteiger partial charge in [-0.2, -0.15) is 5.26 Å². The third-order valence-corrected chi connectivity index (χ3v) is 4.58. The molecule has 0 bridgehead atoms. The molecule has 1 rings (SSSR count). The molecule has 1 aliphatic carbocycles. The molecule has 0 aromatic rings. The number of nitrogens with zero attached hydrogens (tertiary/aromatic N) is 1. The lowest BCUT2D eigenvalue weighted by Gasteiger charge is -2.38. The summed E-state index contributed by atoms with van der Waals surface area (Å²) in [6, 6.07) is 2.38. The number of unbranched alkanes of at least 4 members (excludes halogenated alkanes) is 1. The molecule has 0 aromatic carbocycles. The lowest BCUT2D eigenvalue weighted by molar-refractivity contribution is -0.0242. The average Bonchev–Trinajstić information content (AvgIpc) is 2.36. The second-order valence-electron chi connectivity index (χ2n) is 7.84. The molecule has 0 aromatic heterocycles. The van der Waals surface area contributed by atoms with E-state index in [0.717, 1.165) is 38.3 Å². The molecule has 1 N–H and O–H groups in total. The smallest absolute Gasteiger partial charge is 0.103 e. The van der Waals surface area contributed by atoms with Gasteiger partial charge >= 0.3 is 0 Å². The van der Waals surface area contributed by atoms with Gasteiger partial charge in [0.2, 0.25) is 0 Å². The topological polar surface area (TPSA) is 45.0 Å². The van der Waals surface area contributed by atoms with E-state index >= 15 is 0 Å². The Morgan fingerprint density at radius 1 is 1.33 bits per heavy atom. The van der Waals surface area contributed by atoms with Crippen molar-refractivity contribution in [1.29, 1.82) is 5.26 Å². The van der Waals surface area contributed by atoms with Crippen molar-refractivity contribution >= 4 is 0 Å². The Bertz CT molecular complexity index is 348. The maximum absolute atomic E-state index is 9.22. The van der Waals surface area contributed by atoms with Crippen LogP contribution < -0.4 is 5.32 Å². The number of hydrogen-bond donors (Lipinski definition) is 1. The van der Waals surface area contributed by atoms with Crippen molar-refractivity contribution in [3.8, 4) is 6.07 Å². The first-order valence-electron chi connectivity index (χ1n) is 8.58. The molecule has 0 spiro atoms. The van der Waals surface area contributed by atoms with Gasteiger partial charge in [-0.3, -0.25) is 5.32 Å². The molecule has 3 atom stereocenters. The molecule has 0 aliphatic heterocycles. The number of rotatable bonds is 8. The van der Waals surface area contributed by atoms with Gasteiger partial charge in [0.1, 0.15) is 5.54 Å². The zero-order valence-corrected chi connectivity index (χ0v) is 14.7. The normalized spacial score (nSPS) is 27.8. The van der Waals surface area contributed by atoms with Crippen LogP contribution in [0.1, 0.15) is 73.1 Å². The van der Waals surface area contributed by atoms with E-state index < -0.39 is 0 Å². The van der Waals surface area contributed by atoms with E-state index in [-0.39, 0.29) is 5.54 Å². The lowest BCUT2D eigenvalue weighted by atomic mass is 9.71. The minimum atomic E-state index is -0.379. The van der Waals surface area contributed by atoms with Gasteiger partial charge in [0, 0.05) is 6.61 Å². The minimum absolute atomic E-state index is 0.379. The first-order valence-corrected chi connectivity index (χ1v) is 8.58. The van der Waals surface area contributed by atoms with Crippen molar-refractivity contribution in [3.63, 3.8) is 0 Å². The van der Waals surface area contributed by atoms with Gasteiger partial charge in [0.05, 0.1) is 12.2 Å². The Hall–Kier alpha value is -0.590. The van der Waals surface area contributed by atoms with Crippen LogP contribution >= 0.6 is 0 Å². The summed E-state index contributed by atoms with van der Waals surface area (Å²) in [5.41, 5.74) is 0.0445. The van der Waals surface area contributed by atoms with Gasteiger partial charge in [-0.1, -0.05) is 27.7 Å². The van der Waals surface area contributed by atoms with Crippen molar-refractivity contribution in [2.24, 2.45) is 11.3 Å². The second kappa shape index (κ2) is 8.15. The Labute approximate surface area is 131 Å². The van der Waals surface area contributed by atoms with Crippen LogP contribution in [-0.2, 0) is 4.74 Å². The zero-order chi connectivity index (χ0) is 15.9. The molecule has 0 amide bonds. The highest BCUT2D eigenvalue weighted by Gasteiger charge is 2.32. The summed E-state index contributed by atoms with van der Waals surface area (Å²) in [4.78, 5) is 0. The summed E-state index contributed by atoms with van der Waals surface area (Å²) < 4.78 is 6.09. The van der Waals surface area contributed by atoms with Crippen LogP contribution in [0.4, 0.5) is 0 Å². The monoisotopic (exact) mass is 294 g/mol. The molecule has 3 unspecified atom stereocenters. The highest BCUT2D eigenvalue weighted by molar-refractivity contribution is 5.03. The third kappa shape index (κ3) is 6.80. The number of hydrogen-bond acceptors (Lipinski definition) is 3. The minimum Gasteiger partial charge on any atom is -0.378 e. The van der Waals surface area contributed by atoms with Gasteiger partial charge in [-0.05, 0) is 63.3 Å². The molecule has 21 heavy (non-hydrogen) atoms. The van der Waals surface area contributed by atoms with Crippen LogP contribution in [-0.4, -0.2) is 24.8 Å². The van der Waals surface area contributed by atoms with Gasteiger partial charge in [0.15, 0.2) is 0 Å². The number of ether oxygens (including phenoxy) is 1. The SMILES string of the molecule is CCNC(C)(C#N)CCCCOC1CC(C)CC(C)(C)C1. The highest BCUT2D eigenvalue weighted by atomic mass is 16.5. The van der Waals surface area contributed by atoms with E-state index in [0.29, 0.717) is 11.5 Å². The van der Waals surface area contributed by atoms with Crippen LogP contribution in [0.25, 0.3) is 0 Å². The fourth-order valence-corrected chi connectivity index (χ4v) is 3.79. The Morgan fingerprint density at radius 2 is 2.05 bits per heavy atom. The van der Waals surface area contributed by atoms with Gasteiger partial charge < -0.3 is 4.74 Å². The fourth-order valence-electron chi connectivity index (χ4n) is 3.79. The lowest BCUT2D eigenvalue weighted by Crippen LogP contribution is -2.40. The van der Waals surface area contributed by atoms with Crippen molar-refractivity contribution in [2.45, 2.75) is 84.8 Å². The molecule has 1 fully saturated rings. The van der Waals surface area contributed by atoms with Crippen LogP contribution in [0.2, 0.25) is 0 Å². The predicted molar refractivity (Wildman–Crippen MR) is 88.1 cm³/mol. The largest absolute Gasteiger partial charge is 0.378 e. The molecule has 1 saturated carbocycles. The second-order valence-corrected chi connectivity index (χ2v) is 7.84. The molecule has 3 nitrogen and oxygen atoms in total. The van der Waals surface area contributed by atoms with Crippen LogP contribution in [0.15, 0.2) is 0 Å². The van der Waals surface area contributed by atoms with Crippen molar-refractivity contribution in [1.82, 2.24) is 5.32 Å². The van der Waals surface area contributed by atoms with Gasteiger partial charge in [-0.25, -0.2) is 0 Å². The first kappa shape index (κ1) is 18.5. The molecule has 122 valence electrons. The van der Waals surface area contributed by atoms with Crippen LogP contribution in [0, 0.1) is 22.7 Å². The summed E-state index contributed by atoms with van der Waals surface area (Å²) in [6.45, 7) is 12.8. The van der Waals surface area contributed by atoms with Crippen LogP contribution in [0.5, 0.6) is 0 Å². The number of nitriles is 1. The van der Waals surface area contributed by atoms with Crippen molar-refractivity contribution in [2.75, 3.05) is 13.2 Å². The molecule has 0 heterocycles. The summed E-state index contributed by atoms with van der Waals surface area (Å²) >= 11 is 0. The van der Waals surface area contributed by atoms with Crippen LogP contribution in [0.3, 0.4) is 0 Å². The highest BCUT2D eigenvalue weighted by Crippen LogP contribution is 2.39. The van der Waals surface area contributed by atoms with Gasteiger partial charge in [0.25, 0.3) is 0 Å². The Balaban J connectivity index is 2.21. The maximum atomic E-state index is 9.22. The van der Waals surface area contributed by atoms with Gasteiger partial charge in [-0.15, -0.1) is 0 Å². The molecule has 3 heteroatoms. The van der Waals surface area contributed by atoms with E-state index in [2.05, 4.69) is 32.2 Å². The summed E-state index contributed by atoms with van der Waals surface area (Å²) in [5, 5.41) is 12.5. The molecular formula is C18H34N2O.